The van der Waals surface area contributed by atoms with Crippen LogP contribution < -0.4 is 21.3 Å². The Bertz CT molecular complexity index is 2690. The first-order chi connectivity index (χ1) is 23.8. The van der Waals surface area contributed by atoms with Crippen molar-refractivity contribution in [1.29, 1.82) is 0 Å². The summed E-state index contributed by atoms with van der Waals surface area (Å²) in [5.41, 5.74) is 15.4. The Hall–Kier alpha value is -6.33. The van der Waals surface area contributed by atoms with E-state index in [1.807, 2.05) is 0 Å². The lowest BCUT2D eigenvalue weighted by molar-refractivity contribution is 1.09. The van der Waals surface area contributed by atoms with Crippen LogP contribution in [0.15, 0.2) is 164 Å². The molecule has 0 radical (unpaired) electrons. The summed E-state index contributed by atoms with van der Waals surface area (Å²) in [7, 11) is 0. The van der Waals surface area contributed by atoms with Crippen molar-refractivity contribution in [1.82, 2.24) is 14.1 Å². The van der Waals surface area contributed by atoms with Gasteiger partial charge in [0.25, 0.3) is 6.71 Å². The van der Waals surface area contributed by atoms with Crippen LogP contribution >= 0.6 is 0 Å². The molecule has 2 aliphatic rings. The largest absolute Gasteiger partial charge is 0.311 e. The normalized spacial score (nSPS) is 12.9. The summed E-state index contributed by atoms with van der Waals surface area (Å²) >= 11 is 0. The third kappa shape index (κ3) is 3.37. The zero-order valence-electron chi connectivity index (χ0n) is 26.0. The minimum atomic E-state index is 0.0647. The van der Waals surface area contributed by atoms with Crippen molar-refractivity contribution >= 4 is 73.0 Å². The highest BCUT2D eigenvalue weighted by Gasteiger charge is 2.42. The average Bonchev–Trinajstić information content (AvgIpc) is 3.71. The lowest BCUT2D eigenvalue weighted by Crippen LogP contribution is -2.60. The van der Waals surface area contributed by atoms with Crippen molar-refractivity contribution in [2.24, 2.45) is 0 Å². The van der Waals surface area contributed by atoms with Gasteiger partial charge < -0.3 is 9.47 Å². The number of rotatable bonds is 3. The van der Waals surface area contributed by atoms with E-state index in [1.165, 1.54) is 60.8 Å². The second-order valence-electron chi connectivity index (χ2n) is 12.8. The molecule has 0 unspecified atom stereocenters. The molecule has 11 rings (SSSR count). The molecular weight excluding hydrogens is 583 g/mol. The van der Waals surface area contributed by atoms with Gasteiger partial charge in [0.2, 0.25) is 0 Å². The third-order valence-electron chi connectivity index (χ3n) is 10.3. The highest BCUT2D eigenvalue weighted by atomic mass is 15.2. The number of anilines is 3. The van der Waals surface area contributed by atoms with Gasteiger partial charge in [0, 0.05) is 39.1 Å². The Balaban J connectivity index is 1.34. The summed E-state index contributed by atoms with van der Waals surface area (Å²) in [5, 5.41) is 2.51. The third-order valence-corrected chi connectivity index (χ3v) is 10.3. The monoisotopic (exact) mass is 610 g/mol. The number of para-hydroxylation sites is 5. The molecule has 4 nitrogen and oxygen atoms in total. The molecule has 5 heteroatoms. The van der Waals surface area contributed by atoms with E-state index in [1.54, 1.807) is 0 Å². The predicted molar refractivity (Wildman–Crippen MR) is 200 cm³/mol. The van der Waals surface area contributed by atoms with Crippen LogP contribution in [0.2, 0.25) is 0 Å². The van der Waals surface area contributed by atoms with E-state index in [0.29, 0.717) is 0 Å². The van der Waals surface area contributed by atoms with E-state index in [4.69, 9.17) is 4.98 Å². The first-order valence-corrected chi connectivity index (χ1v) is 16.5. The molecule has 0 saturated carbocycles. The summed E-state index contributed by atoms with van der Waals surface area (Å²) in [5.74, 6) is 0.961. The molecule has 2 aromatic heterocycles. The molecule has 48 heavy (non-hydrogen) atoms. The lowest BCUT2D eigenvalue weighted by atomic mass is 9.34. The Morgan fingerprint density at radius 2 is 1.08 bits per heavy atom. The Morgan fingerprint density at radius 1 is 0.458 bits per heavy atom. The van der Waals surface area contributed by atoms with Gasteiger partial charge in [0.05, 0.1) is 27.8 Å². The maximum Gasteiger partial charge on any atom is 0.252 e. The molecule has 0 aliphatic carbocycles. The molecular formula is C43H27BN4. The highest BCUT2D eigenvalue weighted by Crippen LogP contribution is 2.42. The first-order valence-electron chi connectivity index (χ1n) is 16.5. The van der Waals surface area contributed by atoms with Crippen molar-refractivity contribution in [2.45, 2.75) is 0 Å². The van der Waals surface area contributed by atoms with Crippen molar-refractivity contribution in [3.05, 3.63) is 164 Å². The topological polar surface area (TPSA) is 26.0 Å². The number of hydrogen-bond acceptors (Lipinski definition) is 2. The fourth-order valence-electron chi connectivity index (χ4n) is 8.40. The first kappa shape index (κ1) is 25.8. The second-order valence-corrected chi connectivity index (χ2v) is 12.8. The van der Waals surface area contributed by atoms with Crippen LogP contribution in [0.4, 0.5) is 17.1 Å². The van der Waals surface area contributed by atoms with Crippen molar-refractivity contribution in [3.8, 4) is 22.8 Å². The molecule has 0 fully saturated rings. The van der Waals surface area contributed by atoms with Crippen LogP contribution in [-0.2, 0) is 0 Å². The molecule has 4 heterocycles. The van der Waals surface area contributed by atoms with Gasteiger partial charge in [-0.3, -0.25) is 4.57 Å². The van der Waals surface area contributed by atoms with Gasteiger partial charge in [-0.05, 0) is 64.9 Å². The molecule has 0 saturated heterocycles. The molecule has 0 bridgehead atoms. The van der Waals surface area contributed by atoms with Gasteiger partial charge >= 0.3 is 0 Å². The van der Waals surface area contributed by atoms with Gasteiger partial charge in [0.1, 0.15) is 5.82 Å². The van der Waals surface area contributed by atoms with Gasteiger partial charge in [-0.25, -0.2) is 4.98 Å². The molecule has 7 aromatic carbocycles. The van der Waals surface area contributed by atoms with E-state index in [9.17, 15) is 0 Å². The van der Waals surface area contributed by atoms with E-state index in [-0.39, 0.29) is 6.71 Å². The van der Waals surface area contributed by atoms with E-state index < -0.39 is 0 Å². The molecule has 0 amide bonds. The van der Waals surface area contributed by atoms with Crippen LogP contribution in [0, 0.1) is 0 Å². The number of aromatic nitrogens is 3. The minimum Gasteiger partial charge on any atom is -0.311 e. The zero-order valence-corrected chi connectivity index (χ0v) is 26.0. The van der Waals surface area contributed by atoms with E-state index >= 15 is 0 Å². The van der Waals surface area contributed by atoms with Crippen molar-refractivity contribution in [3.63, 3.8) is 0 Å². The van der Waals surface area contributed by atoms with E-state index in [0.717, 1.165) is 28.3 Å². The van der Waals surface area contributed by atoms with Crippen molar-refractivity contribution in [2.75, 3.05) is 4.90 Å². The van der Waals surface area contributed by atoms with Crippen LogP contribution in [-0.4, -0.2) is 20.8 Å². The Morgan fingerprint density at radius 3 is 1.85 bits per heavy atom. The fourth-order valence-corrected chi connectivity index (χ4v) is 8.40. The standard InChI is InChI=1S/C43H27BN4/c1-3-14-28(15-4-1)43-45-35-22-13-21-34-42(35)48(43)40-27-30(47-36-23-10-7-18-31(36)32-19-8-11-24-37(32)47)26-39-41(40)44(34)33-20-9-12-25-38(33)46(39)29-16-5-2-6-17-29/h1-27H. The highest BCUT2D eigenvalue weighted by molar-refractivity contribution is 7.00. The smallest absolute Gasteiger partial charge is 0.252 e. The van der Waals surface area contributed by atoms with Crippen molar-refractivity contribution < 1.29 is 0 Å². The summed E-state index contributed by atoms with van der Waals surface area (Å²) < 4.78 is 4.88. The van der Waals surface area contributed by atoms with Crippen LogP contribution in [0.25, 0.3) is 55.6 Å². The van der Waals surface area contributed by atoms with E-state index in [2.05, 4.69) is 178 Å². The number of imidazole rings is 1. The quantitative estimate of drug-likeness (QED) is 0.188. The van der Waals surface area contributed by atoms with Crippen LogP contribution in [0.3, 0.4) is 0 Å². The fraction of sp³-hybridized carbons (Fsp3) is 0. The summed E-state index contributed by atoms with van der Waals surface area (Å²) in [6, 6.07) is 59.4. The second kappa shape index (κ2) is 9.60. The molecule has 222 valence electrons. The summed E-state index contributed by atoms with van der Waals surface area (Å²) in [6.07, 6.45) is 0. The Labute approximate surface area is 277 Å². The lowest BCUT2D eigenvalue weighted by Gasteiger charge is -2.40. The maximum absolute atomic E-state index is 5.34. The molecule has 0 spiro atoms. The summed E-state index contributed by atoms with van der Waals surface area (Å²) in [4.78, 5) is 7.80. The SMILES string of the molecule is c1ccc(-c2nc3cccc4c3n2-c2cc(-n3c5ccccc5c5ccccc53)cc3c2B4c2ccccc2N3c2ccccc2)cc1. The number of nitrogens with zero attached hydrogens (tertiary/aromatic N) is 4. The minimum absolute atomic E-state index is 0.0647. The van der Waals surface area contributed by atoms with Gasteiger partial charge in [0.15, 0.2) is 0 Å². The molecule has 9 aromatic rings. The van der Waals surface area contributed by atoms with Gasteiger partial charge in [-0.15, -0.1) is 0 Å². The predicted octanol–water partition coefficient (Wildman–Crippen LogP) is 8.40. The zero-order chi connectivity index (χ0) is 31.3. The van der Waals surface area contributed by atoms with Gasteiger partial charge in [-0.2, -0.15) is 0 Å². The number of fused-ring (bicyclic) bond motifs is 7. The molecule has 0 atom stereocenters. The average molecular weight is 611 g/mol. The van der Waals surface area contributed by atoms with Gasteiger partial charge in [-0.1, -0.05) is 115 Å². The number of benzene rings is 7. The van der Waals surface area contributed by atoms with Crippen LogP contribution in [0.5, 0.6) is 0 Å². The Kier molecular flexibility index (Phi) is 5.16. The summed E-state index contributed by atoms with van der Waals surface area (Å²) in [6.45, 7) is 0.0647. The maximum atomic E-state index is 5.34. The molecule has 0 N–H and O–H groups in total. The molecule has 2 aliphatic heterocycles. The number of hydrogen-bond donors (Lipinski definition) is 0. The van der Waals surface area contributed by atoms with Crippen LogP contribution in [0.1, 0.15) is 0 Å².